The predicted octanol–water partition coefficient (Wildman–Crippen LogP) is 6.47. The van der Waals surface area contributed by atoms with E-state index in [1.54, 1.807) is 26.0 Å². The lowest BCUT2D eigenvalue weighted by molar-refractivity contribution is -0.140. The first-order chi connectivity index (χ1) is 16.9. The Labute approximate surface area is 207 Å². The van der Waals surface area contributed by atoms with Crippen LogP contribution in [-0.4, -0.2) is 35.9 Å². The quantitative estimate of drug-likeness (QED) is 0.370. The maximum atomic E-state index is 14.8. The van der Waals surface area contributed by atoms with Crippen LogP contribution < -0.4 is 14.8 Å². The van der Waals surface area contributed by atoms with E-state index in [0.29, 0.717) is 47.3 Å². The SMILES string of the molecule is COc1cc2nc(C)nc(N[C@H](C)c3cccc(C(F)(F)F)c3F)c2cc1OC(C)(C)C1CCOC1. The second-order valence-corrected chi connectivity index (χ2v) is 9.48. The van der Waals surface area contributed by atoms with Gasteiger partial charge in [-0.15, -0.1) is 0 Å². The van der Waals surface area contributed by atoms with Gasteiger partial charge in [0.25, 0.3) is 0 Å². The number of aromatic nitrogens is 2. The van der Waals surface area contributed by atoms with E-state index in [-0.39, 0.29) is 11.5 Å². The summed E-state index contributed by atoms with van der Waals surface area (Å²) in [7, 11) is 1.53. The number of halogens is 4. The van der Waals surface area contributed by atoms with Gasteiger partial charge in [0.05, 0.1) is 30.8 Å². The Kier molecular flexibility index (Phi) is 7.01. The summed E-state index contributed by atoms with van der Waals surface area (Å²) >= 11 is 0. The van der Waals surface area contributed by atoms with Crippen molar-refractivity contribution < 1.29 is 31.8 Å². The van der Waals surface area contributed by atoms with Crippen molar-refractivity contribution in [2.45, 2.75) is 51.9 Å². The number of nitrogens with one attached hydrogen (secondary N) is 1. The van der Waals surface area contributed by atoms with Crippen LogP contribution in [0.4, 0.5) is 23.4 Å². The minimum atomic E-state index is -4.79. The molecule has 2 heterocycles. The zero-order valence-electron chi connectivity index (χ0n) is 20.8. The van der Waals surface area contributed by atoms with E-state index in [9.17, 15) is 17.6 Å². The Balaban J connectivity index is 1.73. The smallest absolute Gasteiger partial charge is 0.419 e. The summed E-state index contributed by atoms with van der Waals surface area (Å²) in [6.45, 7) is 8.51. The molecule has 6 nitrogen and oxygen atoms in total. The molecular formula is C26H29F4N3O3. The first-order valence-corrected chi connectivity index (χ1v) is 11.7. The number of methoxy groups -OCH3 is 1. The number of anilines is 1. The fourth-order valence-electron chi connectivity index (χ4n) is 4.44. The molecule has 0 bridgehead atoms. The largest absolute Gasteiger partial charge is 0.493 e. The third-order valence-corrected chi connectivity index (χ3v) is 6.53. The van der Waals surface area contributed by atoms with Crippen LogP contribution >= 0.6 is 0 Å². The van der Waals surface area contributed by atoms with Crippen molar-refractivity contribution >= 4 is 16.7 Å². The highest BCUT2D eigenvalue weighted by molar-refractivity contribution is 5.92. The molecule has 3 aromatic rings. The summed E-state index contributed by atoms with van der Waals surface area (Å²) in [6.07, 6.45) is -3.92. The Morgan fingerprint density at radius 3 is 2.53 bits per heavy atom. The second kappa shape index (κ2) is 9.72. The number of benzene rings is 2. The molecule has 1 aliphatic heterocycles. The maximum absolute atomic E-state index is 14.8. The fourth-order valence-corrected chi connectivity index (χ4v) is 4.44. The van der Waals surface area contributed by atoms with Crippen LogP contribution in [0.5, 0.6) is 11.5 Å². The minimum absolute atomic E-state index is 0.124. The predicted molar refractivity (Wildman–Crippen MR) is 128 cm³/mol. The molecule has 10 heteroatoms. The highest BCUT2D eigenvalue weighted by Crippen LogP contribution is 2.40. The van der Waals surface area contributed by atoms with Gasteiger partial charge in [-0.25, -0.2) is 14.4 Å². The number of ether oxygens (including phenoxy) is 3. The Hall–Kier alpha value is -3.14. The molecule has 0 spiro atoms. The average molecular weight is 508 g/mol. The number of aryl methyl sites for hydroxylation is 1. The van der Waals surface area contributed by atoms with Crippen LogP contribution in [0.2, 0.25) is 0 Å². The first kappa shape index (κ1) is 25.9. The van der Waals surface area contributed by atoms with Gasteiger partial charge < -0.3 is 19.5 Å². The summed E-state index contributed by atoms with van der Waals surface area (Å²) in [4.78, 5) is 8.93. The van der Waals surface area contributed by atoms with Crippen molar-refractivity contribution in [3.8, 4) is 11.5 Å². The normalized spacial score (nSPS) is 17.3. The maximum Gasteiger partial charge on any atom is 0.419 e. The zero-order chi connectivity index (χ0) is 26.3. The summed E-state index contributed by atoms with van der Waals surface area (Å²) in [5.41, 5.74) is -1.43. The number of hydrogen-bond acceptors (Lipinski definition) is 6. The van der Waals surface area contributed by atoms with E-state index < -0.39 is 29.2 Å². The molecule has 0 amide bonds. The van der Waals surface area contributed by atoms with E-state index in [1.807, 2.05) is 13.8 Å². The summed E-state index contributed by atoms with van der Waals surface area (Å²) < 4.78 is 71.9. The molecule has 1 unspecified atom stereocenters. The van der Waals surface area contributed by atoms with Crippen LogP contribution in [-0.2, 0) is 10.9 Å². The number of hydrogen-bond donors (Lipinski definition) is 1. The van der Waals surface area contributed by atoms with Gasteiger partial charge in [-0.1, -0.05) is 12.1 Å². The van der Waals surface area contributed by atoms with Gasteiger partial charge in [-0.3, -0.25) is 0 Å². The molecule has 1 saturated heterocycles. The van der Waals surface area contributed by atoms with Crippen molar-refractivity contribution in [2.24, 2.45) is 5.92 Å². The molecule has 194 valence electrons. The first-order valence-electron chi connectivity index (χ1n) is 11.7. The van der Waals surface area contributed by atoms with Gasteiger partial charge in [0, 0.05) is 29.5 Å². The minimum Gasteiger partial charge on any atom is -0.493 e. The molecule has 0 radical (unpaired) electrons. The van der Waals surface area contributed by atoms with Crippen molar-refractivity contribution in [3.05, 3.63) is 53.1 Å². The van der Waals surface area contributed by atoms with E-state index in [2.05, 4.69) is 15.3 Å². The Bertz CT molecular complexity index is 1260. The zero-order valence-corrected chi connectivity index (χ0v) is 20.8. The molecule has 0 aliphatic carbocycles. The van der Waals surface area contributed by atoms with Gasteiger partial charge >= 0.3 is 6.18 Å². The molecule has 1 aromatic heterocycles. The van der Waals surface area contributed by atoms with Gasteiger partial charge in [0.2, 0.25) is 0 Å². The van der Waals surface area contributed by atoms with E-state index in [4.69, 9.17) is 14.2 Å². The van der Waals surface area contributed by atoms with Crippen LogP contribution in [0, 0.1) is 18.7 Å². The second-order valence-electron chi connectivity index (χ2n) is 9.48. The molecule has 2 aromatic carbocycles. The van der Waals surface area contributed by atoms with Gasteiger partial charge in [0.1, 0.15) is 23.1 Å². The lowest BCUT2D eigenvalue weighted by atomic mass is 9.90. The van der Waals surface area contributed by atoms with Gasteiger partial charge in [0.15, 0.2) is 11.5 Å². The summed E-state index contributed by atoms with van der Waals surface area (Å²) in [5.74, 6) is 0.600. The number of rotatable bonds is 7. The number of nitrogens with zero attached hydrogens (tertiary/aromatic N) is 2. The molecule has 1 fully saturated rings. The lowest BCUT2D eigenvalue weighted by Gasteiger charge is -2.32. The Morgan fingerprint density at radius 2 is 1.89 bits per heavy atom. The van der Waals surface area contributed by atoms with E-state index >= 15 is 0 Å². The molecule has 0 saturated carbocycles. The highest BCUT2D eigenvalue weighted by Gasteiger charge is 2.36. The molecule has 1 aliphatic rings. The standard InChI is InChI=1S/C26H29F4N3O3/c1-14(17-7-6-8-19(23(17)27)26(28,29)30)31-24-18-11-22(36-25(3,4)16-9-10-35-13-16)21(34-5)12-20(18)32-15(2)33-24/h6-8,11-12,14,16H,9-10,13H2,1-5H3,(H,31,32,33)/t14-,16?/m1/s1. The molecule has 1 N–H and O–H groups in total. The summed E-state index contributed by atoms with van der Waals surface area (Å²) in [6, 6.07) is 5.88. The fraction of sp³-hybridized carbons (Fsp3) is 0.462. The number of fused-ring (bicyclic) bond motifs is 1. The lowest BCUT2D eigenvalue weighted by Crippen LogP contribution is -2.38. The van der Waals surface area contributed by atoms with Crippen LogP contribution in [0.15, 0.2) is 30.3 Å². The van der Waals surface area contributed by atoms with Gasteiger partial charge in [-0.2, -0.15) is 13.2 Å². The van der Waals surface area contributed by atoms with E-state index in [1.165, 1.54) is 19.2 Å². The van der Waals surface area contributed by atoms with Crippen molar-refractivity contribution in [1.29, 1.82) is 0 Å². The van der Waals surface area contributed by atoms with Gasteiger partial charge in [-0.05, 0) is 46.2 Å². The van der Waals surface area contributed by atoms with Crippen LogP contribution in [0.25, 0.3) is 10.9 Å². The van der Waals surface area contributed by atoms with Crippen LogP contribution in [0.3, 0.4) is 0 Å². The molecule has 4 rings (SSSR count). The van der Waals surface area contributed by atoms with Crippen molar-refractivity contribution in [1.82, 2.24) is 9.97 Å². The molecule has 2 atom stereocenters. The summed E-state index contributed by atoms with van der Waals surface area (Å²) in [5, 5.41) is 3.63. The van der Waals surface area contributed by atoms with Crippen molar-refractivity contribution in [2.75, 3.05) is 25.6 Å². The third-order valence-electron chi connectivity index (χ3n) is 6.53. The highest BCUT2D eigenvalue weighted by atomic mass is 19.4. The van der Waals surface area contributed by atoms with Crippen LogP contribution in [0.1, 0.15) is 50.2 Å². The topological polar surface area (TPSA) is 65.5 Å². The molecule has 36 heavy (non-hydrogen) atoms. The van der Waals surface area contributed by atoms with E-state index in [0.717, 1.165) is 12.5 Å². The average Bonchev–Trinajstić information content (AvgIpc) is 3.34. The van der Waals surface area contributed by atoms with Crippen molar-refractivity contribution in [3.63, 3.8) is 0 Å². The number of alkyl halides is 3. The third kappa shape index (κ3) is 5.18. The molecular weight excluding hydrogens is 478 g/mol. The Morgan fingerprint density at radius 1 is 1.14 bits per heavy atom. The monoisotopic (exact) mass is 507 g/mol.